The Hall–Kier alpha value is 0.0900. The molecule has 0 aliphatic rings. The number of hydrogen-bond acceptors (Lipinski definition) is 0. The van der Waals surface area contributed by atoms with E-state index in [-0.39, 0.29) is 5.41 Å². The molecule has 0 aromatic heterocycles. The van der Waals surface area contributed by atoms with E-state index in [2.05, 4.69) is 20.8 Å². The van der Waals surface area contributed by atoms with Crippen LogP contribution in [0.5, 0.6) is 0 Å². The Balaban J connectivity index is 2.90. The van der Waals surface area contributed by atoms with Crippen molar-refractivity contribution < 1.29 is 0 Å². The second-order valence-corrected chi connectivity index (χ2v) is 6.31. The summed E-state index contributed by atoms with van der Waals surface area (Å²) in [6.45, 7) is 6.58. The minimum absolute atomic E-state index is 0.174. The van der Waals surface area contributed by atoms with Crippen LogP contribution in [0.1, 0.15) is 26.3 Å². The Kier molecular flexibility index (Phi) is 4.97. The fourth-order valence-electron chi connectivity index (χ4n) is 1.56. The Labute approximate surface area is 113 Å². The zero-order valence-corrected chi connectivity index (χ0v) is 12.1. The van der Waals surface area contributed by atoms with Gasteiger partial charge in [0, 0.05) is 15.9 Å². The van der Waals surface area contributed by atoms with Crippen molar-refractivity contribution >= 4 is 34.8 Å². The van der Waals surface area contributed by atoms with Crippen LogP contribution in [-0.2, 0) is 6.42 Å². The molecule has 0 saturated heterocycles. The molecule has 1 atom stereocenters. The van der Waals surface area contributed by atoms with Crippen LogP contribution < -0.4 is 0 Å². The molecule has 1 aromatic carbocycles. The lowest BCUT2D eigenvalue weighted by Gasteiger charge is -2.29. The second-order valence-electron chi connectivity index (χ2n) is 5.16. The monoisotopic (exact) mass is 278 g/mol. The summed E-state index contributed by atoms with van der Waals surface area (Å²) in [7, 11) is 0. The lowest BCUT2D eigenvalue weighted by molar-refractivity contribution is 0.264. The normalized spacial score (nSPS) is 13.9. The van der Waals surface area contributed by atoms with Crippen LogP contribution in [-0.4, -0.2) is 5.88 Å². The molecule has 1 aromatic rings. The molecule has 16 heavy (non-hydrogen) atoms. The molecular weight excluding hydrogens is 263 g/mol. The number of benzene rings is 1. The molecule has 0 aliphatic carbocycles. The largest absolute Gasteiger partial charge is 0.126 e. The molecule has 1 rings (SSSR count). The molecule has 0 N–H and O–H groups in total. The topological polar surface area (TPSA) is 0 Å². The van der Waals surface area contributed by atoms with Gasteiger partial charge in [-0.05, 0) is 41.5 Å². The number of rotatable bonds is 3. The first kappa shape index (κ1) is 14.2. The van der Waals surface area contributed by atoms with Gasteiger partial charge in [0.25, 0.3) is 0 Å². The number of hydrogen-bond donors (Lipinski definition) is 0. The molecule has 0 heterocycles. The Bertz CT molecular complexity index is 353. The molecule has 3 heteroatoms. The first-order chi connectivity index (χ1) is 7.34. The quantitative estimate of drug-likeness (QED) is 0.647. The van der Waals surface area contributed by atoms with Crippen molar-refractivity contribution in [3.8, 4) is 0 Å². The van der Waals surface area contributed by atoms with Crippen molar-refractivity contribution in [1.29, 1.82) is 0 Å². The van der Waals surface area contributed by atoms with Gasteiger partial charge in [-0.2, -0.15) is 0 Å². The van der Waals surface area contributed by atoms with Crippen molar-refractivity contribution in [3.05, 3.63) is 33.8 Å². The highest BCUT2D eigenvalue weighted by atomic mass is 35.5. The van der Waals surface area contributed by atoms with E-state index in [0.717, 1.165) is 22.0 Å². The maximum absolute atomic E-state index is 6.15. The Morgan fingerprint density at radius 3 is 2.31 bits per heavy atom. The van der Waals surface area contributed by atoms with E-state index in [1.54, 1.807) is 6.07 Å². The molecule has 90 valence electrons. The summed E-state index contributed by atoms with van der Waals surface area (Å²) < 4.78 is 0. The minimum atomic E-state index is 0.174. The van der Waals surface area contributed by atoms with E-state index in [4.69, 9.17) is 34.8 Å². The summed E-state index contributed by atoms with van der Waals surface area (Å²) in [5, 5.41) is 1.49. The maximum Gasteiger partial charge on any atom is 0.0439 e. The average molecular weight is 280 g/mol. The predicted molar refractivity (Wildman–Crippen MR) is 73.8 cm³/mol. The van der Waals surface area contributed by atoms with Crippen molar-refractivity contribution in [3.63, 3.8) is 0 Å². The molecule has 0 nitrogen and oxygen atoms in total. The Morgan fingerprint density at radius 2 is 1.81 bits per heavy atom. The van der Waals surface area contributed by atoms with Crippen LogP contribution in [0.3, 0.4) is 0 Å². The molecule has 1 unspecified atom stereocenters. The van der Waals surface area contributed by atoms with Gasteiger partial charge in [-0.1, -0.05) is 44.0 Å². The van der Waals surface area contributed by atoms with E-state index < -0.39 is 0 Å². The highest BCUT2D eigenvalue weighted by Crippen LogP contribution is 2.32. The average Bonchev–Trinajstić information content (AvgIpc) is 2.17. The van der Waals surface area contributed by atoms with Crippen LogP contribution >= 0.6 is 34.8 Å². The number of halogens is 3. The fraction of sp³-hybridized carbons (Fsp3) is 0.538. The minimum Gasteiger partial charge on any atom is -0.126 e. The van der Waals surface area contributed by atoms with Gasteiger partial charge in [-0.15, -0.1) is 11.6 Å². The van der Waals surface area contributed by atoms with E-state index in [1.807, 2.05) is 12.1 Å². The summed E-state index contributed by atoms with van der Waals surface area (Å²) >= 11 is 18.1. The third kappa shape index (κ3) is 3.84. The molecule has 0 aliphatic heterocycles. The van der Waals surface area contributed by atoms with Crippen molar-refractivity contribution in [2.24, 2.45) is 11.3 Å². The molecule has 0 radical (unpaired) electrons. The third-order valence-corrected chi connectivity index (χ3v) is 3.86. The zero-order valence-electron chi connectivity index (χ0n) is 9.86. The molecule has 0 spiro atoms. The molecular formula is C13H17Cl3. The van der Waals surface area contributed by atoms with Gasteiger partial charge in [0.05, 0.1) is 0 Å². The van der Waals surface area contributed by atoms with Crippen molar-refractivity contribution in [2.75, 3.05) is 5.88 Å². The van der Waals surface area contributed by atoms with Crippen LogP contribution in [0, 0.1) is 11.3 Å². The summed E-state index contributed by atoms with van der Waals surface area (Å²) in [6.07, 6.45) is 0.867. The van der Waals surface area contributed by atoms with E-state index in [1.165, 1.54) is 0 Å². The highest BCUT2D eigenvalue weighted by molar-refractivity contribution is 6.33. The first-order valence-electron chi connectivity index (χ1n) is 5.34. The lowest BCUT2D eigenvalue weighted by atomic mass is 9.78. The molecule has 0 bridgehead atoms. The van der Waals surface area contributed by atoms with Gasteiger partial charge in [-0.3, -0.25) is 0 Å². The van der Waals surface area contributed by atoms with Crippen LogP contribution in [0.2, 0.25) is 10.0 Å². The lowest BCUT2D eigenvalue weighted by Crippen LogP contribution is -2.24. The predicted octanol–water partition coefficient (Wildman–Crippen LogP) is 5.44. The smallest absolute Gasteiger partial charge is 0.0439 e. The summed E-state index contributed by atoms with van der Waals surface area (Å²) in [5.41, 5.74) is 1.25. The fourth-order valence-corrected chi connectivity index (χ4v) is 2.52. The maximum atomic E-state index is 6.15. The van der Waals surface area contributed by atoms with Crippen molar-refractivity contribution in [1.82, 2.24) is 0 Å². The van der Waals surface area contributed by atoms with Gasteiger partial charge < -0.3 is 0 Å². The van der Waals surface area contributed by atoms with E-state index in [9.17, 15) is 0 Å². The SMILES string of the molecule is CC(C)(C)C(CCl)Cc1cc(Cl)ccc1Cl. The molecule has 0 saturated carbocycles. The van der Waals surface area contributed by atoms with Gasteiger partial charge in [-0.25, -0.2) is 0 Å². The molecule has 0 fully saturated rings. The van der Waals surface area contributed by atoms with Gasteiger partial charge in [0.15, 0.2) is 0 Å². The number of alkyl halides is 1. The highest BCUT2D eigenvalue weighted by Gasteiger charge is 2.24. The van der Waals surface area contributed by atoms with Crippen LogP contribution in [0.25, 0.3) is 0 Å². The molecule has 0 amide bonds. The van der Waals surface area contributed by atoms with Gasteiger partial charge >= 0.3 is 0 Å². The summed E-state index contributed by atoms with van der Waals surface area (Å²) in [4.78, 5) is 0. The Morgan fingerprint density at radius 1 is 1.19 bits per heavy atom. The summed E-state index contributed by atoms with van der Waals surface area (Å²) in [6, 6.07) is 5.57. The zero-order chi connectivity index (χ0) is 12.3. The van der Waals surface area contributed by atoms with Crippen molar-refractivity contribution in [2.45, 2.75) is 27.2 Å². The summed E-state index contributed by atoms with van der Waals surface area (Å²) in [5.74, 6) is 1.02. The van der Waals surface area contributed by atoms with Gasteiger partial charge in [0.1, 0.15) is 0 Å². The van der Waals surface area contributed by atoms with E-state index in [0.29, 0.717) is 11.8 Å². The third-order valence-electron chi connectivity index (χ3n) is 2.89. The standard InChI is InChI=1S/C13H17Cl3/c1-13(2,3)10(8-14)6-9-7-11(15)4-5-12(9)16/h4-5,7,10H,6,8H2,1-3H3. The first-order valence-corrected chi connectivity index (χ1v) is 6.63. The second kappa shape index (κ2) is 5.62. The van der Waals surface area contributed by atoms with Crippen LogP contribution in [0.4, 0.5) is 0 Å². The van der Waals surface area contributed by atoms with Gasteiger partial charge in [0.2, 0.25) is 0 Å². The van der Waals surface area contributed by atoms with Crippen LogP contribution in [0.15, 0.2) is 18.2 Å². The van der Waals surface area contributed by atoms with E-state index >= 15 is 0 Å².